The summed E-state index contributed by atoms with van der Waals surface area (Å²) in [5, 5.41) is 3.41. The molecule has 0 heterocycles. The molecule has 0 aliphatic carbocycles. The Kier molecular flexibility index (Phi) is 10.7. The van der Waals surface area contributed by atoms with Gasteiger partial charge in [-0.2, -0.15) is 0 Å². The summed E-state index contributed by atoms with van der Waals surface area (Å²) >= 11 is 0. The molecule has 1 aromatic rings. The van der Waals surface area contributed by atoms with E-state index in [1.54, 1.807) is 5.82 Å². The second-order valence-corrected chi connectivity index (χ2v) is 7.48. The molecule has 0 unspecified atom stereocenters. The molecule has 0 aliphatic rings. The Morgan fingerprint density at radius 2 is 1.62 bits per heavy atom. The number of unbranched alkanes of at least 4 members (excludes halogenated alkanes) is 4. The molecule has 0 amide bonds. The van der Waals surface area contributed by atoms with Gasteiger partial charge in [-0.25, -0.2) is 0 Å². The third-order valence-electron chi connectivity index (χ3n) is 3.59. The van der Waals surface area contributed by atoms with Crippen LogP contribution in [0, 0.1) is 0 Å². The topological polar surface area (TPSA) is 47.6 Å². The van der Waals surface area contributed by atoms with E-state index in [9.17, 15) is 4.57 Å². The maximum atomic E-state index is 12.8. The molecule has 4 nitrogen and oxygen atoms in total. The summed E-state index contributed by atoms with van der Waals surface area (Å²) in [4.78, 5) is 0. The van der Waals surface area contributed by atoms with Crippen molar-refractivity contribution in [3.05, 3.63) is 41.7 Å². The maximum Gasteiger partial charge on any atom is 0.356 e. The van der Waals surface area contributed by atoms with Crippen LogP contribution in [0.2, 0.25) is 0 Å². The first-order valence-electron chi connectivity index (χ1n) is 9.06. The number of rotatable bonds is 13. The fraction of sp³-hybridized carbons (Fsp3) is 0.579. The van der Waals surface area contributed by atoms with Gasteiger partial charge in [-0.15, -0.1) is 0 Å². The van der Waals surface area contributed by atoms with E-state index in [2.05, 4.69) is 12.2 Å². The number of hydrogen-bond donors (Lipinski definition) is 1. The lowest BCUT2D eigenvalue weighted by Gasteiger charge is -2.17. The predicted octanol–water partition coefficient (Wildman–Crippen LogP) is 5.81. The number of nitrogens with one attached hydrogen (secondary N) is 1. The van der Waals surface area contributed by atoms with E-state index in [0.29, 0.717) is 13.2 Å². The lowest BCUT2D eigenvalue weighted by molar-refractivity contribution is 0.229. The van der Waals surface area contributed by atoms with Crippen molar-refractivity contribution >= 4 is 13.3 Å². The zero-order valence-electron chi connectivity index (χ0n) is 15.3. The summed E-state index contributed by atoms with van der Waals surface area (Å²) in [5.41, 5.74) is 1.81. The summed E-state index contributed by atoms with van der Waals surface area (Å²) in [5.74, 6) is 1.63. The molecular formula is C19H32NO3P. The van der Waals surface area contributed by atoms with Gasteiger partial charge >= 0.3 is 7.60 Å². The average Bonchev–Trinajstić information content (AvgIpc) is 2.58. The zero-order chi connectivity index (χ0) is 17.7. The van der Waals surface area contributed by atoms with Gasteiger partial charge in [0.05, 0.1) is 19.0 Å². The first-order chi connectivity index (χ1) is 11.6. The highest BCUT2D eigenvalue weighted by Crippen LogP contribution is 2.51. The van der Waals surface area contributed by atoms with Crippen molar-refractivity contribution in [3.63, 3.8) is 0 Å². The second-order valence-electron chi connectivity index (χ2n) is 5.63. The molecule has 1 aromatic carbocycles. The normalized spacial score (nSPS) is 12.4. The van der Waals surface area contributed by atoms with Crippen molar-refractivity contribution < 1.29 is 13.6 Å². The van der Waals surface area contributed by atoms with E-state index in [-0.39, 0.29) is 0 Å². The summed E-state index contributed by atoms with van der Waals surface area (Å²) in [7, 11) is -3.23. The van der Waals surface area contributed by atoms with E-state index in [4.69, 9.17) is 9.05 Å². The molecule has 0 aromatic heterocycles. The summed E-state index contributed by atoms with van der Waals surface area (Å²) in [6.45, 7) is 7.42. The van der Waals surface area contributed by atoms with Crippen LogP contribution in [-0.4, -0.2) is 19.8 Å². The van der Waals surface area contributed by atoms with Gasteiger partial charge in [-0.1, -0.05) is 62.9 Å². The molecule has 0 aliphatic heterocycles. The van der Waals surface area contributed by atoms with Crippen molar-refractivity contribution in [2.24, 2.45) is 0 Å². The molecule has 0 atom stereocenters. The Bertz CT molecular complexity index is 507. The van der Waals surface area contributed by atoms with E-state index < -0.39 is 7.60 Å². The Hall–Kier alpha value is -1.09. The van der Waals surface area contributed by atoms with Crippen LogP contribution in [0.15, 0.2) is 36.1 Å². The molecule has 0 saturated heterocycles. The van der Waals surface area contributed by atoms with Gasteiger partial charge in [0, 0.05) is 12.2 Å². The molecule has 24 heavy (non-hydrogen) atoms. The molecule has 0 fully saturated rings. The molecule has 0 spiro atoms. The molecule has 136 valence electrons. The lowest BCUT2D eigenvalue weighted by Crippen LogP contribution is -2.14. The summed E-state index contributed by atoms with van der Waals surface area (Å²) in [6.07, 6.45) is 6.09. The van der Waals surface area contributed by atoms with Crippen molar-refractivity contribution in [3.8, 4) is 0 Å². The highest BCUT2D eigenvalue weighted by Gasteiger charge is 2.21. The van der Waals surface area contributed by atoms with E-state index >= 15 is 0 Å². The lowest BCUT2D eigenvalue weighted by atomic mass is 10.1. The molecule has 0 bridgehead atoms. The van der Waals surface area contributed by atoms with Gasteiger partial charge in [-0.3, -0.25) is 4.57 Å². The van der Waals surface area contributed by atoms with Gasteiger partial charge in [0.2, 0.25) is 0 Å². The van der Waals surface area contributed by atoms with Crippen molar-refractivity contribution in [1.82, 2.24) is 5.32 Å². The Labute approximate surface area is 147 Å². The fourth-order valence-corrected chi connectivity index (χ4v) is 3.92. The Morgan fingerprint density at radius 1 is 1.00 bits per heavy atom. The van der Waals surface area contributed by atoms with Crippen molar-refractivity contribution in [1.29, 1.82) is 0 Å². The van der Waals surface area contributed by atoms with Crippen LogP contribution in [-0.2, 0) is 13.6 Å². The first kappa shape index (κ1) is 21.0. The Morgan fingerprint density at radius 3 is 2.21 bits per heavy atom. The van der Waals surface area contributed by atoms with Crippen LogP contribution < -0.4 is 5.32 Å². The van der Waals surface area contributed by atoms with Gasteiger partial charge in [-0.05, 0) is 25.8 Å². The molecule has 1 rings (SSSR count). The molecule has 5 heteroatoms. The van der Waals surface area contributed by atoms with E-state index in [1.807, 2.05) is 44.2 Å². The highest BCUT2D eigenvalue weighted by molar-refractivity contribution is 7.57. The summed E-state index contributed by atoms with van der Waals surface area (Å²) in [6, 6.07) is 9.91. The zero-order valence-corrected chi connectivity index (χ0v) is 16.2. The second kappa shape index (κ2) is 12.3. The maximum absolute atomic E-state index is 12.8. The molecule has 0 saturated carbocycles. The first-order valence-corrected chi connectivity index (χ1v) is 10.7. The minimum atomic E-state index is -3.23. The van der Waals surface area contributed by atoms with Crippen LogP contribution in [0.25, 0.3) is 5.70 Å². The third-order valence-corrected chi connectivity index (χ3v) is 5.40. The number of benzene rings is 1. The highest BCUT2D eigenvalue weighted by atomic mass is 31.2. The van der Waals surface area contributed by atoms with Crippen LogP contribution in [0.5, 0.6) is 0 Å². The standard InChI is InChI=1S/C19H32NO3P/c1-4-7-8-9-13-16-20-19(18-14-11-10-12-15-18)17-24(21,22-5-2)23-6-3/h10-12,14-15,17,20H,4-9,13,16H2,1-3H3/b19-17+. The number of hydrogen-bond acceptors (Lipinski definition) is 4. The fourth-order valence-electron chi connectivity index (χ4n) is 2.42. The summed E-state index contributed by atoms with van der Waals surface area (Å²) < 4.78 is 23.6. The monoisotopic (exact) mass is 353 g/mol. The smallest absolute Gasteiger partial charge is 0.356 e. The Balaban J connectivity index is 2.81. The van der Waals surface area contributed by atoms with Gasteiger partial charge in [0.1, 0.15) is 0 Å². The van der Waals surface area contributed by atoms with E-state index in [1.165, 1.54) is 25.7 Å². The molecule has 1 N–H and O–H groups in total. The van der Waals surface area contributed by atoms with Gasteiger partial charge in [0.25, 0.3) is 0 Å². The van der Waals surface area contributed by atoms with Crippen LogP contribution in [0.3, 0.4) is 0 Å². The minimum absolute atomic E-state index is 0.354. The quantitative estimate of drug-likeness (QED) is 0.359. The van der Waals surface area contributed by atoms with Crippen LogP contribution in [0.4, 0.5) is 0 Å². The van der Waals surface area contributed by atoms with Crippen LogP contribution in [0.1, 0.15) is 58.4 Å². The van der Waals surface area contributed by atoms with Crippen molar-refractivity contribution in [2.75, 3.05) is 19.8 Å². The third kappa shape index (κ3) is 8.14. The van der Waals surface area contributed by atoms with Gasteiger partial charge in [0.15, 0.2) is 0 Å². The van der Waals surface area contributed by atoms with Crippen molar-refractivity contribution in [2.45, 2.75) is 52.9 Å². The largest absolute Gasteiger partial charge is 0.384 e. The predicted molar refractivity (Wildman–Crippen MR) is 102 cm³/mol. The average molecular weight is 353 g/mol. The van der Waals surface area contributed by atoms with Gasteiger partial charge < -0.3 is 14.4 Å². The van der Waals surface area contributed by atoms with E-state index in [0.717, 1.165) is 24.2 Å². The molecular weight excluding hydrogens is 321 g/mol. The SMILES string of the molecule is CCCCCCCN/C(=C/P(=O)(OCC)OCC)c1ccccc1. The molecule has 0 radical (unpaired) electrons. The van der Waals surface area contributed by atoms with Crippen LogP contribution >= 0.6 is 7.60 Å². The minimum Gasteiger partial charge on any atom is -0.384 e.